The number of hydrogen-bond acceptors (Lipinski definition) is 6. The molecule has 0 atom stereocenters. The third kappa shape index (κ3) is 5.11. The lowest BCUT2D eigenvalue weighted by Crippen LogP contribution is -2.25. The van der Waals surface area contributed by atoms with Crippen molar-refractivity contribution < 1.29 is 18.7 Å². The van der Waals surface area contributed by atoms with Gasteiger partial charge < -0.3 is 9.47 Å². The Kier molecular flexibility index (Phi) is 7.54. The van der Waals surface area contributed by atoms with Gasteiger partial charge >= 0.3 is 5.56 Å². The number of aliphatic imine (C=N–C) groups is 1. The van der Waals surface area contributed by atoms with E-state index < -0.39 is 11.4 Å². The number of hydrogen-bond donors (Lipinski definition) is 0. The number of benzene rings is 2. The van der Waals surface area contributed by atoms with Crippen LogP contribution in [-0.2, 0) is 11.3 Å². The van der Waals surface area contributed by atoms with Crippen LogP contribution in [-0.4, -0.2) is 29.6 Å². The molecule has 0 saturated heterocycles. The number of aromatic nitrogens is 2. The van der Waals surface area contributed by atoms with Gasteiger partial charge in [0.05, 0.1) is 20.3 Å². The number of ether oxygens (including phenoxy) is 2. The monoisotopic (exact) mass is 455 g/mol. The molecule has 0 spiro atoms. The van der Waals surface area contributed by atoms with Gasteiger partial charge in [-0.2, -0.15) is 10.1 Å². The Labute approximate surface area is 188 Å². The van der Waals surface area contributed by atoms with Crippen molar-refractivity contribution in [1.29, 1.82) is 0 Å². The molecule has 0 saturated carbocycles. The minimum Gasteiger partial charge on any atom is -0.494 e. The van der Waals surface area contributed by atoms with Gasteiger partial charge in [0.1, 0.15) is 5.69 Å². The highest BCUT2D eigenvalue weighted by Gasteiger charge is 2.21. The molecule has 0 unspecified atom stereocenters. The lowest BCUT2D eigenvalue weighted by Gasteiger charge is -2.13. The standard InChI is InChI=1S/C23H19ClFN3O4/c1-3-32-22-21(26-14-29)20(16-8-11-19(31-2)18(25)13-16)27-28(23(22)30)12-4-5-15-6-9-17(24)10-7-15/h4-11,13H,3,12H2,1-2H3. The van der Waals surface area contributed by atoms with Crippen molar-refractivity contribution in [2.24, 2.45) is 4.99 Å². The molecule has 3 aromatic rings. The Morgan fingerprint density at radius 3 is 2.62 bits per heavy atom. The first kappa shape index (κ1) is 22.9. The van der Waals surface area contributed by atoms with Crippen LogP contribution in [0.2, 0.25) is 5.02 Å². The molecule has 0 fully saturated rings. The molecule has 2 aromatic carbocycles. The summed E-state index contributed by atoms with van der Waals surface area (Å²) in [5.74, 6) is -0.762. The number of nitrogens with zero attached hydrogens (tertiary/aromatic N) is 3. The van der Waals surface area contributed by atoms with Crippen LogP contribution in [0.15, 0.2) is 58.3 Å². The Morgan fingerprint density at radius 2 is 2.00 bits per heavy atom. The fourth-order valence-corrected chi connectivity index (χ4v) is 3.08. The number of halogens is 2. The Balaban J connectivity index is 2.11. The van der Waals surface area contributed by atoms with E-state index in [0.717, 1.165) is 10.2 Å². The molecule has 0 aliphatic rings. The quantitative estimate of drug-likeness (QED) is 0.360. The van der Waals surface area contributed by atoms with E-state index in [1.165, 1.54) is 25.3 Å². The van der Waals surface area contributed by atoms with Crippen LogP contribution in [0.4, 0.5) is 10.1 Å². The third-order valence-electron chi connectivity index (χ3n) is 4.42. The second-order valence-electron chi connectivity index (χ2n) is 6.45. The van der Waals surface area contributed by atoms with Gasteiger partial charge in [-0.25, -0.2) is 13.9 Å². The molecule has 0 amide bonds. The fourth-order valence-electron chi connectivity index (χ4n) is 2.96. The Bertz CT molecular complexity index is 1250. The maximum Gasteiger partial charge on any atom is 0.311 e. The molecular formula is C23H19ClFN3O4. The summed E-state index contributed by atoms with van der Waals surface area (Å²) in [7, 11) is 1.35. The van der Waals surface area contributed by atoms with Gasteiger partial charge in [0.25, 0.3) is 0 Å². The number of allylic oxidation sites excluding steroid dienone is 1. The highest BCUT2D eigenvalue weighted by molar-refractivity contribution is 6.30. The smallest absolute Gasteiger partial charge is 0.311 e. The van der Waals surface area contributed by atoms with E-state index in [1.54, 1.807) is 37.3 Å². The summed E-state index contributed by atoms with van der Waals surface area (Å²) in [6.45, 7) is 1.93. The molecule has 9 heteroatoms. The maximum absolute atomic E-state index is 14.3. The average Bonchev–Trinajstić information content (AvgIpc) is 2.79. The summed E-state index contributed by atoms with van der Waals surface area (Å²) >= 11 is 5.89. The molecule has 0 aliphatic heterocycles. The minimum atomic E-state index is -0.633. The van der Waals surface area contributed by atoms with Gasteiger partial charge in [-0.1, -0.05) is 35.9 Å². The van der Waals surface area contributed by atoms with Crippen LogP contribution >= 0.6 is 11.6 Å². The summed E-state index contributed by atoms with van der Waals surface area (Å²) in [6, 6.07) is 11.3. The SMILES string of the molecule is CCOc1c(N=C=O)c(-c2ccc(OC)c(F)c2)nn(CC=Cc2ccc(Cl)cc2)c1=O. The Morgan fingerprint density at radius 1 is 1.25 bits per heavy atom. The molecule has 0 N–H and O–H groups in total. The molecule has 1 aromatic heterocycles. The maximum atomic E-state index is 14.3. The normalized spacial score (nSPS) is 10.8. The predicted octanol–water partition coefficient (Wildman–Crippen LogP) is 4.79. The first-order valence-electron chi connectivity index (χ1n) is 9.60. The van der Waals surface area contributed by atoms with Crippen molar-refractivity contribution in [2.75, 3.05) is 13.7 Å². The van der Waals surface area contributed by atoms with Gasteiger partial charge in [-0.3, -0.25) is 4.79 Å². The lowest BCUT2D eigenvalue weighted by molar-refractivity contribution is 0.331. The largest absolute Gasteiger partial charge is 0.494 e. The first-order valence-corrected chi connectivity index (χ1v) is 9.98. The van der Waals surface area contributed by atoms with Gasteiger partial charge in [0, 0.05) is 10.6 Å². The van der Waals surface area contributed by atoms with Crippen molar-refractivity contribution in [2.45, 2.75) is 13.5 Å². The zero-order valence-corrected chi connectivity index (χ0v) is 18.1. The van der Waals surface area contributed by atoms with Crippen LogP contribution in [0.3, 0.4) is 0 Å². The topological polar surface area (TPSA) is 82.8 Å². The first-order chi connectivity index (χ1) is 15.5. The van der Waals surface area contributed by atoms with E-state index in [4.69, 9.17) is 21.1 Å². The lowest BCUT2D eigenvalue weighted by atomic mass is 10.1. The van der Waals surface area contributed by atoms with E-state index >= 15 is 0 Å². The van der Waals surface area contributed by atoms with Crippen molar-refractivity contribution in [3.63, 3.8) is 0 Å². The van der Waals surface area contributed by atoms with Gasteiger partial charge in [0.15, 0.2) is 17.3 Å². The zero-order valence-electron chi connectivity index (χ0n) is 17.3. The Hall–Kier alpha value is -3.74. The van der Waals surface area contributed by atoms with Crippen LogP contribution < -0.4 is 15.0 Å². The van der Waals surface area contributed by atoms with Crippen LogP contribution in [0.25, 0.3) is 17.3 Å². The molecule has 7 nitrogen and oxygen atoms in total. The van der Waals surface area contributed by atoms with Crippen LogP contribution in [0, 0.1) is 5.82 Å². The molecule has 3 rings (SSSR count). The highest BCUT2D eigenvalue weighted by atomic mass is 35.5. The van der Waals surface area contributed by atoms with Crippen LogP contribution in [0.1, 0.15) is 12.5 Å². The molecule has 1 heterocycles. The molecule has 164 valence electrons. The van der Waals surface area contributed by atoms with E-state index in [0.29, 0.717) is 5.02 Å². The summed E-state index contributed by atoms with van der Waals surface area (Å²) in [4.78, 5) is 27.6. The average molecular weight is 456 g/mol. The number of carbonyl (C=O) groups excluding carboxylic acids is 1. The molecular weight excluding hydrogens is 437 g/mol. The van der Waals surface area contributed by atoms with Crippen molar-refractivity contribution in [3.05, 3.63) is 75.3 Å². The van der Waals surface area contributed by atoms with E-state index in [2.05, 4.69) is 10.1 Å². The van der Waals surface area contributed by atoms with Gasteiger partial charge in [-0.05, 0) is 42.8 Å². The van der Waals surface area contributed by atoms with E-state index in [1.807, 2.05) is 12.1 Å². The second-order valence-corrected chi connectivity index (χ2v) is 6.89. The van der Waals surface area contributed by atoms with Crippen molar-refractivity contribution in [3.8, 4) is 22.8 Å². The van der Waals surface area contributed by atoms with Gasteiger partial charge in [0.2, 0.25) is 11.8 Å². The second kappa shape index (κ2) is 10.5. The van der Waals surface area contributed by atoms with E-state index in [-0.39, 0.29) is 41.6 Å². The molecule has 32 heavy (non-hydrogen) atoms. The molecule has 0 bridgehead atoms. The molecule has 0 radical (unpaired) electrons. The number of methoxy groups -OCH3 is 1. The number of isocyanates is 1. The zero-order chi connectivity index (χ0) is 23.1. The van der Waals surface area contributed by atoms with Crippen LogP contribution in [0.5, 0.6) is 11.5 Å². The van der Waals surface area contributed by atoms with Gasteiger partial charge in [-0.15, -0.1) is 0 Å². The summed E-state index contributed by atoms with van der Waals surface area (Å²) in [5.41, 5.74) is 0.562. The summed E-state index contributed by atoms with van der Waals surface area (Å²) in [6.07, 6.45) is 4.94. The molecule has 0 aliphatic carbocycles. The summed E-state index contributed by atoms with van der Waals surface area (Å²) < 4.78 is 25.9. The summed E-state index contributed by atoms with van der Waals surface area (Å²) in [5, 5.41) is 4.93. The van der Waals surface area contributed by atoms with Crippen molar-refractivity contribution >= 4 is 29.4 Å². The minimum absolute atomic E-state index is 0.0402. The third-order valence-corrected chi connectivity index (χ3v) is 4.67. The highest BCUT2D eigenvalue weighted by Crippen LogP contribution is 2.35. The van der Waals surface area contributed by atoms with E-state index in [9.17, 15) is 14.0 Å². The predicted molar refractivity (Wildman–Crippen MR) is 120 cm³/mol. The fraction of sp³-hybridized carbons (Fsp3) is 0.174. The number of rotatable bonds is 8. The van der Waals surface area contributed by atoms with Crippen molar-refractivity contribution in [1.82, 2.24) is 9.78 Å².